The molecule has 0 saturated carbocycles. The van der Waals surface area contributed by atoms with Gasteiger partial charge in [-0.05, 0) is 51.3 Å². The molecule has 1 aliphatic heterocycles. The highest BCUT2D eigenvalue weighted by molar-refractivity contribution is 14.0. The van der Waals surface area contributed by atoms with Crippen molar-refractivity contribution in [2.24, 2.45) is 18.0 Å². The molecule has 29 heavy (non-hydrogen) atoms. The van der Waals surface area contributed by atoms with E-state index in [9.17, 15) is 0 Å². The number of rotatable bonds is 8. The van der Waals surface area contributed by atoms with Crippen LogP contribution in [0.3, 0.4) is 0 Å². The fourth-order valence-electron chi connectivity index (χ4n) is 3.56. The Labute approximate surface area is 190 Å². The zero-order valence-corrected chi connectivity index (χ0v) is 20.2. The number of guanidine groups is 1. The highest BCUT2D eigenvalue weighted by atomic mass is 127. The van der Waals surface area contributed by atoms with Crippen LogP contribution in [-0.2, 0) is 24.6 Å². The minimum Gasteiger partial charge on any atom is -0.469 e. The van der Waals surface area contributed by atoms with Gasteiger partial charge in [0.15, 0.2) is 5.96 Å². The van der Waals surface area contributed by atoms with Gasteiger partial charge >= 0.3 is 0 Å². The first-order valence-electron chi connectivity index (χ1n) is 10.2. The van der Waals surface area contributed by atoms with Gasteiger partial charge < -0.3 is 19.8 Å². The Morgan fingerprint density at radius 2 is 2.24 bits per heavy atom. The maximum absolute atomic E-state index is 5.48. The van der Waals surface area contributed by atoms with Gasteiger partial charge in [-0.3, -0.25) is 9.67 Å². The Morgan fingerprint density at radius 1 is 1.41 bits per heavy atom. The minimum atomic E-state index is 0. The molecule has 0 radical (unpaired) electrons. The summed E-state index contributed by atoms with van der Waals surface area (Å²) in [6, 6.07) is 4.16. The van der Waals surface area contributed by atoms with Crippen molar-refractivity contribution in [1.29, 1.82) is 0 Å². The van der Waals surface area contributed by atoms with Crippen molar-refractivity contribution < 1.29 is 9.15 Å². The molecule has 0 aliphatic carbocycles. The third kappa shape index (κ3) is 7.02. The second-order valence-electron chi connectivity index (χ2n) is 7.70. The normalized spacial score (nSPS) is 17.8. The molecule has 1 aliphatic rings. The Kier molecular flexibility index (Phi) is 9.48. The third-order valence-corrected chi connectivity index (χ3v) is 5.33. The third-order valence-electron chi connectivity index (χ3n) is 5.33. The quantitative estimate of drug-likeness (QED) is 0.321. The van der Waals surface area contributed by atoms with Crippen molar-refractivity contribution in [3.63, 3.8) is 0 Å². The van der Waals surface area contributed by atoms with Crippen LogP contribution in [0.2, 0.25) is 0 Å². The largest absolute Gasteiger partial charge is 0.469 e. The molecular formula is C21H34IN5O2. The molecule has 3 heterocycles. The van der Waals surface area contributed by atoms with E-state index in [0.717, 1.165) is 63.0 Å². The number of aromatic nitrogens is 2. The smallest absolute Gasteiger partial charge is 0.191 e. The number of ether oxygens (including phenoxy) is 1. The number of aryl methyl sites for hydroxylation is 2. The summed E-state index contributed by atoms with van der Waals surface area (Å²) in [7, 11) is 2.00. The molecule has 2 aromatic rings. The summed E-state index contributed by atoms with van der Waals surface area (Å²) < 4.78 is 12.8. The molecule has 7 nitrogen and oxygen atoms in total. The van der Waals surface area contributed by atoms with Gasteiger partial charge in [0.2, 0.25) is 0 Å². The van der Waals surface area contributed by atoms with Gasteiger partial charge in [0, 0.05) is 50.8 Å². The predicted molar refractivity (Wildman–Crippen MR) is 126 cm³/mol. The molecule has 0 amide bonds. The molecule has 2 atom stereocenters. The van der Waals surface area contributed by atoms with Crippen LogP contribution in [-0.4, -0.2) is 48.1 Å². The molecule has 2 aromatic heterocycles. The van der Waals surface area contributed by atoms with Crippen LogP contribution in [0.25, 0.3) is 0 Å². The topological polar surface area (TPSA) is 76.6 Å². The summed E-state index contributed by atoms with van der Waals surface area (Å²) in [5.41, 5.74) is 3.63. The van der Waals surface area contributed by atoms with Gasteiger partial charge in [0.25, 0.3) is 0 Å². The summed E-state index contributed by atoms with van der Waals surface area (Å²) >= 11 is 0. The number of halogens is 1. The number of nitrogens with zero attached hydrogens (tertiary/aromatic N) is 3. The molecule has 3 rings (SSSR count). The Bertz CT molecular complexity index is 766. The lowest BCUT2D eigenvalue weighted by Crippen LogP contribution is -2.44. The Balaban J connectivity index is 0.00000300. The number of aliphatic imine (C=N–C) groups is 1. The van der Waals surface area contributed by atoms with Crippen molar-refractivity contribution in [2.45, 2.75) is 46.1 Å². The number of furan rings is 1. The summed E-state index contributed by atoms with van der Waals surface area (Å²) in [6.07, 6.45) is 4.54. The first-order valence-corrected chi connectivity index (χ1v) is 10.2. The lowest BCUT2D eigenvalue weighted by molar-refractivity contribution is 0.187. The highest BCUT2D eigenvalue weighted by Gasteiger charge is 2.17. The molecule has 162 valence electrons. The standard InChI is InChI=1S/C21H33N5O2.HI/c1-15(12-20-16(2)25-26(4)17(20)3)24-21(23-13-18-8-11-27-14-18)22-9-7-19-6-5-10-28-19;/h5-6,10,15,18H,7-9,11-14H2,1-4H3,(H2,22,23,24);1H. The summed E-state index contributed by atoms with van der Waals surface area (Å²) in [5.74, 6) is 2.35. The molecule has 1 saturated heterocycles. The average molecular weight is 515 g/mol. The summed E-state index contributed by atoms with van der Waals surface area (Å²) in [5, 5.41) is 11.5. The lowest BCUT2D eigenvalue weighted by Gasteiger charge is -2.19. The van der Waals surface area contributed by atoms with Crippen molar-refractivity contribution in [3.05, 3.63) is 41.1 Å². The maximum Gasteiger partial charge on any atom is 0.191 e. The van der Waals surface area contributed by atoms with E-state index >= 15 is 0 Å². The van der Waals surface area contributed by atoms with Crippen LogP contribution in [0.5, 0.6) is 0 Å². The summed E-state index contributed by atoms with van der Waals surface area (Å²) in [6.45, 7) is 9.61. The lowest BCUT2D eigenvalue weighted by atomic mass is 10.1. The van der Waals surface area contributed by atoms with Crippen LogP contribution >= 0.6 is 24.0 Å². The van der Waals surface area contributed by atoms with Crippen molar-refractivity contribution >= 4 is 29.9 Å². The van der Waals surface area contributed by atoms with Crippen LogP contribution in [0.1, 0.15) is 36.1 Å². The van der Waals surface area contributed by atoms with E-state index in [1.165, 1.54) is 11.3 Å². The minimum absolute atomic E-state index is 0. The zero-order valence-electron chi connectivity index (χ0n) is 17.9. The molecule has 1 fully saturated rings. The van der Waals surface area contributed by atoms with E-state index in [0.29, 0.717) is 5.92 Å². The number of hydrogen-bond donors (Lipinski definition) is 2. The Hall–Kier alpha value is -1.55. The SMILES string of the molecule is Cc1nn(C)c(C)c1CC(C)NC(=NCC1CCOC1)NCCc1ccco1.I. The molecule has 8 heteroatoms. The van der Waals surface area contributed by atoms with Crippen LogP contribution in [0.4, 0.5) is 0 Å². The van der Waals surface area contributed by atoms with E-state index in [-0.39, 0.29) is 30.0 Å². The van der Waals surface area contributed by atoms with Crippen molar-refractivity contribution in [3.8, 4) is 0 Å². The van der Waals surface area contributed by atoms with E-state index in [1.54, 1.807) is 6.26 Å². The molecule has 2 unspecified atom stereocenters. The molecule has 0 spiro atoms. The van der Waals surface area contributed by atoms with Crippen LogP contribution < -0.4 is 10.6 Å². The van der Waals surface area contributed by atoms with E-state index in [2.05, 4.69) is 36.5 Å². The van der Waals surface area contributed by atoms with E-state index < -0.39 is 0 Å². The van der Waals surface area contributed by atoms with Crippen LogP contribution in [0, 0.1) is 19.8 Å². The van der Waals surface area contributed by atoms with E-state index in [4.69, 9.17) is 14.1 Å². The predicted octanol–water partition coefficient (Wildman–Crippen LogP) is 2.99. The van der Waals surface area contributed by atoms with Gasteiger partial charge in [0.05, 0.1) is 18.6 Å². The number of nitrogens with one attached hydrogen (secondary N) is 2. The molecule has 0 bridgehead atoms. The number of hydrogen-bond acceptors (Lipinski definition) is 4. The second kappa shape index (κ2) is 11.6. The van der Waals surface area contributed by atoms with Crippen LogP contribution in [0.15, 0.2) is 27.8 Å². The fourth-order valence-corrected chi connectivity index (χ4v) is 3.56. The second-order valence-corrected chi connectivity index (χ2v) is 7.70. The van der Waals surface area contributed by atoms with Gasteiger partial charge in [-0.25, -0.2) is 0 Å². The molecular weight excluding hydrogens is 481 g/mol. The van der Waals surface area contributed by atoms with Gasteiger partial charge in [-0.2, -0.15) is 5.10 Å². The average Bonchev–Trinajstić information content (AvgIpc) is 3.40. The van der Waals surface area contributed by atoms with Gasteiger partial charge in [-0.1, -0.05) is 0 Å². The highest BCUT2D eigenvalue weighted by Crippen LogP contribution is 2.14. The van der Waals surface area contributed by atoms with Crippen molar-refractivity contribution in [1.82, 2.24) is 20.4 Å². The van der Waals surface area contributed by atoms with E-state index in [1.807, 2.05) is 23.9 Å². The van der Waals surface area contributed by atoms with Crippen molar-refractivity contribution in [2.75, 3.05) is 26.3 Å². The first kappa shape index (κ1) is 23.7. The Morgan fingerprint density at radius 3 is 2.86 bits per heavy atom. The molecule has 2 N–H and O–H groups in total. The molecule has 0 aromatic carbocycles. The van der Waals surface area contributed by atoms with Gasteiger partial charge in [-0.15, -0.1) is 24.0 Å². The monoisotopic (exact) mass is 515 g/mol. The maximum atomic E-state index is 5.48. The zero-order chi connectivity index (χ0) is 19.9. The fraction of sp³-hybridized carbons (Fsp3) is 0.619. The first-order chi connectivity index (χ1) is 13.5. The summed E-state index contributed by atoms with van der Waals surface area (Å²) in [4.78, 5) is 4.82. The van der Waals surface area contributed by atoms with Gasteiger partial charge in [0.1, 0.15) is 5.76 Å².